The SMILES string of the molecule is COP(C)(=O)N1CCC(N)CC1. The molecule has 0 amide bonds. The average molecular weight is 192 g/mol. The molecule has 0 aromatic heterocycles. The summed E-state index contributed by atoms with van der Waals surface area (Å²) in [4.78, 5) is 0. The van der Waals surface area contributed by atoms with Crippen LogP contribution in [0.3, 0.4) is 0 Å². The third-order valence-corrected chi connectivity index (χ3v) is 4.47. The summed E-state index contributed by atoms with van der Waals surface area (Å²) in [5.74, 6) is 0. The fourth-order valence-corrected chi connectivity index (χ4v) is 2.55. The zero-order valence-corrected chi connectivity index (χ0v) is 8.59. The molecule has 5 heteroatoms. The summed E-state index contributed by atoms with van der Waals surface area (Å²) < 4.78 is 18.6. The second kappa shape index (κ2) is 3.88. The normalized spacial score (nSPS) is 26.9. The van der Waals surface area contributed by atoms with Gasteiger partial charge in [0, 0.05) is 32.9 Å². The lowest BCUT2D eigenvalue weighted by Gasteiger charge is -2.33. The Hall–Kier alpha value is 0.110. The van der Waals surface area contributed by atoms with Gasteiger partial charge in [-0.1, -0.05) is 0 Å². The smallest absolute Gasteiger partial charge is 0.269 e. The summed E-state index contributed by atoms with van der Waals surface area (Å²) in [6.45, 7) is 3.25. The molecule has 0 spiro atoms. The van der Waals surface area contributed by atoms with Gasteiger partial charge < -0.3 is 10.3 Å². The highest BCUT2D eigenvalue weighted by Crippen LogP contribution is 2.46. The van der Waals surface area contributed by atoms with Crippen LogP contribution in [0.25, 0.3) is 0 Å². The maximum Gasteiger partial charge on any atom is 0.269 e. The van der Waals surface area contributed by atoms with Crippen molar-refractivity contribution >= 4 is 7.52 Å². The van der Waals surface area contributed by atoms with Gasteiger partial charge in [-0.15, -0.1) is 0 Å². The Morgan fingerprint density at radius 2 is 2.00 bits per heavy atom. The van der Waals surface area contributed by atoms with Crippen molar-refractivity contribution in [3.63, 3.8) is 0 Å². The molecule has 1 fully saturated rings. The molecule has 1 aliphatic rings. The van der Waals surface area contributed by atoms with Crippen molar-refractivity contribution in [2.24, 2.45) is 5.73 Å². The van der Waals surface area contributed by atoms with Crippen molar-refractivity contribution in [2.75, 3.05) is 26.9 Å². The van der Waals surface area contributed by atoms with Gasteiger partial charge in [0.05, 0.1) is 0 Å². The van der Waals surface area contributed by atoms with Crippen LogP contribution in [0.1, 0.15) is 12.8 Å². The van der Waals surface area contributed by atoms with E-state index in [9.17, 15) is 4.57 Å². The van der Waals surface area contributed by atoms with E-state index in [0.29, 0.717) is 0 Å². The molecule has 1 atom stereocenters. The molecule has 12 heavy (non-hydrogen) atoms. The number of piperidine rings is 1. The molecule has 72 valence electrons. The largest absolute Gasteiger partial charge is 0.328 e. The van der Waals surface area contributed by atoms with Crippen LogP contribution in [-0.2, 0) is 9.09 Å². The molecule has 0 aliphatic carbocycles. The molecular weight excluding hydrogens is 175 g/mol. The first kappa shape index (κ1) is 10.2. The van der Waals surface area contributed by atoms with E-state index in [1.165, 1.54) is 7.11 Å². The molecule has 1 unspecified atom stereocenters. The Morgan fingerprint density at radius 3 is 2.42 bits per heavy atom. The maximum atomic E-state index is 11.7. The average Bonchev–Trinajstić information content (AvgIpc) is 2.05. The van der Waals surface area contributed by atoms with E-state index in [0.717, 1.165) is 25.9 Å². The molecular formula is C7H17N2O2P. The first-order chi connectivity index (χ1) is 5.56. The van der Waals surface area contributed by atoms with E-state index in [1.807, 2.05) is 4.67 Å². The van der Waals surface area contributed by atoms with Crippen LogP contribution in [0.5, 0.6) is 0 Å². The zero-order valence-electron chi connectivity index (χ0n) is 7.69. The first-order valence-electron chi connectivity index (χ1n) is 4.20. The minimum absolute atomic E-state index is 0.276. The molecule has 1 rings (SSSR count). The van der Waals surface area contributed by atoms with Gasteiger partial charge in [-0.2, -0.15) is 0 Å². The van der Waals surface area contributed by atoms with Crippen molar-refractivity contribution < 1.29 is 9.09 Å². The third kappa shape index (κ3) is 2.30. The Balaban J connectivity index is 2.50. The molecule has 2 N–H and O–H groups in total. The number of hydrogen-bond acceptors (Lipinski definition) is 3. The molecule has 4 nitrogen and oxygen atoms in total. The quantitative estimate of drug-likeness (QED) is 0.660. The molecule has 1 saturated heterocycles. The van der Waals surface area contributed by atoms with Crippen LogP contribution in [0, 0.1) is 0 Å². The van der Waals surface area contributed by atoms with Crippen molar-refractivity contribution in [3.05, 3.63) is 0 Å². The van der Waals surface area contributed by atoms with E-state index < -0.39 is 7.52 Å². The fourth-order valence-electron chi connectivity index (χ4n) is 1.36. The minimum atomic E-state index is -2.50. The summed E-state index contributed by atoms with van der Waals surface area (Å²) in [5.41, 5.74) is 5.72. The van der Waals surface area contributed by atoms with Gasteiger partial charge in [0.1, 0.15) is 0 Å². The third-order valence-electron chi connectivity index (χ3n) is 2.37. The second-order valence-corrected chi connectivity index (χ2v) is 5.81. The Bertz CT molecular complexity index is 190. The predicted octanol–water partition coefficient (Wildman–Crippen LogP) is 0.879. The van der Waals surface area contributed by atoms with Gasteiger partial charge in [0.2, 0.25) is 0 Å². The summed E-state index contributed by atoms with van der Waals surface area (Å²) >= 11 is 0. The summed E-state index contributed by atoms with van der Waals surface area (Å²) in [6, 6.07) is 0.276. The van der Waals surface area contributed by atoms with Crippen LogP contribution >= 0.6 is 7.52 Å². The number of nitrogens with two attached hydrogens (primary N) is 1. The summed E-state index contributed by atoms with van der Waals surface area (Å²) in [7, 11) is -1.00. The van der Waals surface area contributed by atoms with Crippen LogP contribution in [0.4, 0.5) is 0 Å². The highest BCUT2D eigenvalue weighted by atomic mass is 31.2. The monoisotopic (exact) mass is 192 g/mol. The van der Waals surface area contributed by atoms with E-state index in [-0.39, 0.29) is 6.04 Å². The maximum absolute atomic E-state index is 11.7. The first-order valence-corrected chi connectivity index (χ1v) is 6.23. The van der Waals surface area contributed by atoms with E-state index in [2.05, 4.69) is 0 Å². The van der Waals surface area contributed by atoms with Gasteiger partial charge in [-0.05, 0) is 12.8 Å². The van der Waals surface area contributed by atoms with E-state index in [1.54, 1.807) is 6.66 Å². The topological polar surface area (TPSA) is 55.6 Å². The highest BCUT2D eigenvalue weighted by Gasteiger charge is 2.28. The molecule has 1 heterocycles. The molecule has 1 aliphatic heterocycles. The van der Waals surface area contributed by atoms with Gasteiger partial charge in [0.25, 0.3) is 7.52 Å². The zero-order chi connectivity index (χ0) is 9.19. The summed E-state index contributed by atoms with van der Waals surface area (Å²) in [6.07, 6.45) is 1.84. The predicted molar refractivity (Wildman–Crippen MR) is 49.3 cm³/mol. The molecule has 0 saturated carbocycles. The Labute approximate surface area is 73.6 Å². The van der Waals surface area contributed by atoms with Crippen LogP contribution in [-0.4, -0.2) is 37.6 Å². The van der Waals surface area contributed by atoms with Crippen molar-refractivity contribution in [1.29, 1.82) is 0 Å². The van der Waals surface area contributed by atoms with Crippen molar-refractivity contribution in [3.8, 4) is 0 Å². The lowest BCUT2D eigenvalue weighted by molar-refractivity contribution is 0.267. The molecule has 0 aromatic carbocycles. The van der Waals surface area contributed by atoms with Gasteiger partial charge in [-0.25, -0.2) is 4.67 Å². The van der Waals surface area contributed by atoms with Crippen molar-refractivity contribution in [2.45, 2.75) is 18.9 Å². The lowest BCUT2D eigenvalue weighted by atomic mass is 10.1. The lowest BCUT2D eigenvalue weighted by Crippen LogP contribution is -2.37. The standard InChI is InChI=1S/C7H17N2O2P/c1-11-12(2,10)9-5-3-7(8)4-6-9/h7H,3-6,8H2,1-2H3. The van der Waals surface area contributed by atoms with Crippen LogP contribution in [0.15, 0.2) is 0 Å². The van der Waals surface area contributed by atoms with Crippen LogP contribution in [0.2, 0.25) is 0 Å². The number of rotatable bonds is 2. The summed E-state index contributed by atoms with van der Waals surface area (Å²) in [5, 5.41) is 0. The Kier molecular flexibility index (Phi) is 3.29. The number of nitrogens with zero attached hydrogens (tertiary/aromatic N) is 1. The fraction of sp³-hybridized carbons (Fsp3) is 1.00. The van der Waals surface area contributed by atoms with E-state index in [4.69, 9.17) is 10.3 Å². The Morgan fingerprint density at radius 1 is 1.50 bits per heavy atom. The van der Waals surface area contributed by atoms with Gasteiger partial charge in [-0.3, -0.25) is 4.57 Å². The molecule has 0 bridgehead atoms. The second-order valence-electron chi connectivity index (χ2n) is 3.28. The van der Waals surface area contributed by atoms with Crippen LogP contribution < -0.4 is 5.73 Å². The van der Waals surface area contributed by atoms with E-state index >= 15 is 0 Å². The van der Waals surface area contributed by atoms with Crippen molar-refractivity contribution in [1.82, 2.24) is 4.67 Å². The number of hydrogen-bond donors (Lipinski definition) is 1. The minimum Gasteiger partial charge on any atom is -0.328 e. The molecule has 0 radical (unpaired) electrons. The highest BCUT2D eigenvalue weighted by molar-refractivity contribution is 7.55. The molecule has 0 aromatic rings. The van der Waals surface area contributed by atoms with Gasteiger partial charge in [0.15, 0.2) is 0 Å². The van der Waals surface area contributed by atoms with Gasteiger partial charge >= 0.3 is 0 Å².